The first-order chi connectivity index (χ1) is 7.83. The van der Waals surface area contributed by atoms with Crippen molar-refractivity contribution in [2.24, 2.45) is 0 Å². The zero-order valence-corrected chi connectivity index (χ0v) is 12.0. The Morgan fingerprint density at radius 2 is 1.35 bits per heavy atom. The van der Waals surface area contributed by atoms with Crippen LogP contribution in [-0.4, -0.2) is 6.29 Å². The molecule has 99 valence electrons. The Labute approximate surface area is 117 Å². The van der Waals surface area contributed by atoms with E-state index in [2.05, 4.69) is 6.92 Å². The molecule has 0 aromatic carbocycles. The Bertz CT molecular complexity index is 169. The molecule has 0 fully saturated rings. The van der Waals surface area contributed by atoms with E-state index in [0.717, 1.165) is 12.6 Å². The molecule has 0 aromatic rings. The summed E-state index contributed by atoms with van der Waals surface area (Å²) in [5.74, 6) is 0. The molecule has 0 unspecified atom stereocenters. The minimum absolute atomic E-state index is 0. The molecule has 0 saturated carbocycles. The molecule has 0 aliphatic rings. The van der Waals surface area contributed by atoms with E-state index in [1.807, 2.05) is 6.29 Å². The van der Waals surface area contributed by atoms with Crippen molar-refractivity contribution in [3.8, 4) is 6.19 Å². The van der Waals surface area contributed by atoms with Crippen molar-refractivity contribution in [3.63, 3.8) is 0 Å². The van der Waals surface area contributed by atoms with Crippen LogP contribution in [0.5, 0.6) is 0 Å². The first-order valence-electron chi connectivity index (χ1n) is 6.24. The van der Waals surface area contributed by atoms with Crippen molar-refractivity contribution < 1.29 is 21.9 Å². The van der Waals surface area contributed by atoms with Crippen LogP contribution in [0.15, 0.2) is 0 Å². The Morgan fingerprint density at radius 3 is 1.71 bits per heavy atom. The van der Waals surface area contributed by atoms with Crippen molar-refractivity contribution in [2.45, 2.75) is 71.1 Å². The largest absolute Gasteiger partial charge is 2.00 e. The van der Waals surface area contributed by atoms with Crippen LogP contribution < -0.4 is 0 Å². The van der Waals surface area contributed by atoms with E-state index >= 15 is 0 Å². The molecule has 0 amide bonds. The van der Waals surface area contributed by atoms with E-state index in [9.17, 15) is 4.79 Å². The van der Waals surface area contributed by atoms with Crippen molar-refractivity contribution in [2.75, 3.05) is 0 Å². The molecular formula is C13H24MnN2O. The third kappa shape index (κ3) is 31.3. The number of rotatable bonds is 10. The van der Waals surface area contributed by atoms with Gasteiger partial charge in [-0.3, -0.25) is 6.29 Å². The van der Waals surface area contributed by atoms with E-state index in [4.69, 9.17) is 11.0 Å². The Hall–Kier alpha value is -0.521. The van der Waals surface area contributed by atoms with Gasteiger partial charge in [0.15, 0.2) is 0 Å². The second kappa shape index (κ2) is 24.6. The van der Waals surface area contributed by atoms with Crippen LogP contribution in [0, 0.1) is 11.5 Å². The van der Waals surface area contributed by atoms with Crippen LogP contribution in [0.2, 0.25) is 0 Å². The number of nitriles is 1. The molecule has 0 bridgehead atoms. The van der Waals surface area contributed by atoms with Gasteiger partial charge in [-0.1, -0.05) is 70.9 Å². The molecule has 0 heterocycles. The molecule has 1 N–H and O–H groups in total. The summed E-state index contributed by atoms with van der Waals surface area (Å²) in [4.78, 5) is 9.89. The van der Waals surface area contributed by atoms with Crippen molar-refractivity contribution >= 4 is 6.29 Å². The van der Waals surface area contributed by atoms with Gasteiger partial charge in [0.25, 0.3) is 0 Å². The molecule has 3 nitrogen and oxygen atoms in total. The predicted octanol–water partition coefficient (Wildman–Crippen LogP) is 4.53. The molecule has 0 atom stereocenters. The number of nitrogens with zero attached hydrogens (tertiary/aromatic N) is 1. The van der Waals surface area contributed by atoms with Crippen LogP contribution >= 0.6 is 0 Å². The average molecular weight is 279 g/mol. The third-order valence-electron chi connectivity index (χ3n) is 2.38. The number of nitrogens with one attached hydrogen (secondary N) is 1. The summed E-state index contributed by atoms with van der Waals surface area (Å²) in [5.41, 5.74) is 5.51. The second-order valence-corrected chi connectivity index (χ2v) is 3.83. The smallest absolute Gasteiger partial charge is 0.542 e. The summed E-state index contributed by atoms with van der Waals surface area (Å²) in [5, 5.41) is 6.99. The van der Waals surface area contributed by atoms with E-state index in [1.165, 1.54) is 51.4 Å². The summed E-state index contributed by atoms with van der Waals surface area (Å²) in [6, 6.07) is 0. The Balaban J connectivity index is -0.000000440. The first kappa shape index (κ1) is 21.7. The molecule has 0 rings (SSSR count). The van der Waals surface area contributed by atoms with Gasteiger partial charge in [-0.25, -0.2) is 0 Å². The Kier molecular flexibility index (Phi) is 31.5. The van der Waals surface area contributed by atoms with Gasteiger partial charge < -0.3 is 15.8 Å². The number of hydrogen-bond acceptors (Lipinski definition) is 2. The topological polar surface area (TPSA) is 64.7 Å². The first-order valence-corrected chi connectivity index (χ1v) is 6.24. The van der Waals surface area contributed by atoms with E-state index in [-0.39, 0.29) is 17.1 Å². The number of hydrogen-bond donors (Lipinski definition) is 0. The third-order valence-corrected chi connectivity index (χ3v) is 2.38. The predicted molar refractivity (Wildman–Crippen MR) is 67.5 cm³/mol. The normalized spacial score (nSPS) is 8.24. The van der Waals surface area contributed by atoms with Gasteiger partial charge >= 0.3 is 17.1 Å². The summed E-state index contributed by atoms with van der Waals surface area (Å²) < 4.78 is 0. The fourth-order valence-electron chi connectivity index (χ4n) is 1.51. The van der Waals surface area contributed by atoms with Crippen LogP contribution in [0.1, 0.15) is 71.1 Å². The minimum atomic E-state index is 0. The zero-order chi connectivity index (χ0) is 12.5. The van der Waals surface area contributed by atoms with Crippen molar-refractivity contribution in [3.05, 3.63) is 5.73 Å². The van der Waals surface area contributed by atoms with E-state index in [1.54, 1.807) is 0 Å². The van der Waals surface area contributed by atoms with Crippen molar-refractivity contribution in [1.82, 2.24) is 0 Å². The quantitative estimate of drug-likeness (QED) is 0.255. The van der Waals surface area contributed by atoms with Gasteiger partial charge in [-0.05, 0) is 0 Å². The van der Waals surface area contributed by atoms with Gasteiger partial charge in [0.2, 0.25) is 0 Å². The van der Waals surface area contributed by atoms with E-state index in [0.29, 0.717) is 6.42 Å². The van der Waals surface area contributed by atoms with Crippen LogP contribution in [0.3, 0.4) is 0 Å². The van der Waals surface area contributed by atoms with Crippen molar-refractivity contribution in [1.29, 1.82) is 5.26 Å². The summed E-state index contributed by atoms with van der Waals surface area (Å²) in [6.45, 7) is 2.25. The van der Waals surface area contributed by atoms with E-state index < -0.39 is 0 Å². The van der Waals surface area contributed by atoms with Gasteiger partial charge in [0.1, 0.15) is 0 Å². The molecule has 17 heavy (non-hydrogen) atoms. The molecule has 0 aromatic heterocycles. The van der Waals surface area contributed by atoms with Crippen LogP contribution in [0.4, 0.5) is 0 Å². The monoisotopic (exact) mass is 279 g/mol. The van der Waals surface area contributed by atoms with Crippen LogP contribution in [-0.2, 0) is 21.9 Å². The Morgan fingerprint density at radius 1 is 1.00 bits per heavy atom. The average Bonchev–Trinajstić information content (AvgIpc) is 2.28. The maximum atomic E-state index is 9.89. The molecule has 0 spiro atoms. The maximum Gasteiger partial charge on any atom is 2.00 e. The number of unbranched alkanes of at least 4 members (excludes halogenated alkanes) is 9. The molecular weight excluding hydrogens is 255 g/mol. The van der Waals surface area contributed by atoms with Gasteiger partial charge in [-0.15, -0.1) is 0 Å². The number of carbonyl (C=O) groups excluding carboxylic acids is 1. The van der Waals surface area contributed by atoms with Gasteiger partial charge in [0, 0.05) is 0 Å². The van der Waals surface area contributed by atoms with Gasteiger partial charge in [-0.2, -0.15) is 6.42 Å². The van der Waals surface area contributed by atoms with Gasteiger partial charge in [0.05, 0.1) is 0 Å². The van der Waals surface area contributed by atoms with Crippen LogP contribution in [0.25, 0.3) is 5.73 Å². The molecule has 0 aliphatic carbocycles. The zero-order valence-electron chi connectivity index (χ0n) is 10.8. The molecule has 0 saturated heterocycles. The minimum Gasteiger partial charge on any atom is -0.542 e. The standard InChI is InChI=1S/C12H23O.CHN2.Mn/c1-2-3-4-5-6-7-8-9-10-11-12-13;2-1-3;/h2-11H2,1H3;2H;/q2*-1;+2. The summed E-state index contributed by atoms with van der Waals surface area (Å²) in [7, 11) is 0. The second-order valence-electron chi connectivity index (χ2n) is 3.83. The SMILES string of the molecule is CCCCCCCCCCC[C-]=O.N#C[NH-].[Mn+2]. The molecule has 1 radical (unpaired) electrons. The fraction of sp³-hybridized carbons (Fsp3) is 0.846. The molecule has 0 aliphatic heterocycles. The maximum absolute atomic E-state index is 9.89. The fourth-order valence-corrected chi connectivity index (χ4v) is 1.51. The summed E-state index contributed by atoms with van der Waals surface area (Å²) >= 11 is 0. The summed E-state index contributed by atoms with van der Waals surface area (Å²) in [6.07, 6.45) is 15.4. The molecule has 4 heteroatoms.